The quantitative estimate of drug-likeness (QED) is 0.757. The largest absolute Gasteiger partial charge is 0.545 e. The van der Waals surface area contributed by atoms with Gasteiger partial charge < -0.3 is 9.90 Å². The summed E-state index contributed by atoms with van der Waals surface area (Å²) in [6.45, 7) is 1.73. The number of thioether (sulfide) groups is 1. The molecule has 1 atom stereocenters. The molecule has 0 spiro atoms. The first kappa shape index (κ1) is 17.4. The lowest BCUT2D eigenvalue weighted by atomic mass is 10.2. The molecule has 1 aliphatic heterocycles. The molecule has 2 heterocycles. The number of anilines is 1. The number of carbonyl (C=O) groups excluding carboxylic acids is 3. The van der Waals surface area contributed by atoms with Crippen molar-refractivity contribution in [2.24, 2.45) is 0 Å². The van der Waals surface area contributed by atoms with Gasteiger partial charge in [0.05, 0.1) is 16.9 Å². The highest BCUT2D eigenvalue weighted by Crippen LogP contribution is 2.36. The summed E-state index contributed by atoms with van der Waals surface area (Å²) in [4.78, 5) is 41.3. The number of carboxylic acids is 1. The number of rotatable bonds is 4. The number of nitrogens with zero attached hydrogens (tertiary/aromatic N) is 2. The molecule has 0 radical (unpaired) electrons. The van der Waals surface area contributed by atoms with Crippen molar-refractivity contribution in [3.63, 3.8) is 0 Å². The second kappa shape index (κ2) is 6.85. The predicted octanol–water partition coefficient (Wildman–Crippen LogP) is 1.83. The summed E-state index contributed by atoms with van der Waals surface area (Å²) >= 11 is 7.02. The summed E-state index contributed by atoms with van der Waals surface area (Å²) in [5, 5.41) is 11.0. The molecule has 0 aliphatic carbocycles. The second-order valence-corrected chi connectivity index (χ2v) is 7.00. The maximum absolute atomic E-state index is 12.7. The zero-order chi connectivity index (χ0) is 18.1. The van der Waals surface area contributed by atoms with Crippen molar-refractivity contribution >= 4 is 46.8 Å². The molecular weight excluding hydrogens is 364 g/mol. The number of pyridine rings is 1. The third kappa shape index (κ3) is 3.25. The summed E-state index contributed by atoms with van der Waals surface area (Å²) in [5.74, 6) is -2.16. The Morgan fingerprint density at radius 3 is 2.80 bits per heavy atom. The number of benzene rings is 1. The number of aromatic carboxylic acids is 1. The van der Waals surface area contributed by atoms with E-state index in [9.17, 15) is 19.5 Å². The standard InChI is InChI=1S/C17H13ClN2O4S/c1-9-11(18)5-2-6-12(9)20-14(21)8-13(16(20)22)25-15-10(17(23)24)4-3-7-19-15/h2-7,13H,8H2,1H3,(H,23,24)/p-1. The first-order chi connectivity index (χ1) is 11.9. The van der Waals surface area contributed by atoms with Crippen LogP contribution in [0.25, 0.3) is 0 Å². The Kier molecular flexibility index (Phi) is 4.78. The van der Waals surface area contributed by atoms with Gasteiger partial charge in [0, 0.05) is 23.2 Å². The number of amides is 2. The first-order valence-electron chi connectivity index (χ1n) is 7.35. The third-order valence-electron chi connectivity index (χ3n) is 3.83. The zero-order valence-corrected chi connectivity index (χ0v) is 14.6. The Hall–Kier alpha value is -2.38. The molecule has 1 aromatic carbocycles. The van der Waals surface area contributed by atoms with Crippen LogP contribution in [0, 0.1) is 6.92 Å². The summed E-state index contributed by atoms with van der Waals surface area (Å²) in [6, 6.07) is 7.82. The SMILES string of the molecule is Cc1c(Cl)cccc1N1C(=O)CC(Sc2ncccc2C(=O)[O-])C1=O. The van der Waals surface area contributed by atoms with Gasteiger partial charge in [-0.05, 0) is 36.8 Å². The average molecular weight is 376 g/mol. The minimum absolute atomic E-state index is 0.0431. The van der Waals surface area contributed by atoms with Gasteiger partial charge >= 0.3 is 0 Å². The molecule has 1 aromatic heterocycles. The van der Waals surface area contributed by atoms with Crippen LogP contribution in [0.3, 0.4) is 0 Å². The van der Waals surface area contributed by atoms with E-state index in [-0.39, 0.29) is 22.9 Å². The molecule has 1 saturated heterocycles. The van der Waals surface area contributed by atoms with Crippen LogP contribution < -0.4 is 10.0 Å². The van der Waals surface area contributed by atoms with Crippen LogP contribution in [-0.4, -0.2) is 28.0 Å². The zero-order valence-electron chi connectivity index (χ0n) is 13.1. The Balaban J connectivity index is 1.90. The van der Waals surface area contributed by atoms with Gasteiger partial charge in [-0.2, -0.15) is 0 Å². The van der Waals surface area contributed by atoms with Crippen molar-refractivity contribution in [3.8, 4) is 0 Å². The second-order valence-electron chi connectivity index (χ2n) is 5.41. The van der Waals surface area contributed by atoms with Gasteiger partial charge in [0.15, 0.2) is 0 Å². The maximum atomic E-state index is 12.7. The monoisotopic (exact) mass is 375 g/mol. The molecule has 0 bridgehead atoms. The van der Waals surface area contributed by atoms with Gasteiger partial charge in [-0.15, -0.1) is 0 Å². The summed E-state index contributed by atoms with van der Waals surface area (Å²) in [6.07, 6.45) is 1.38. The van der Waals surface area contributed by atoms with E-state index in [1.165, 1.54) is 18.3 Å². The Morgan fingerprint density at radius 2 is 2.08 bits per heavy atom. The predicted molar refractivity (Wildman–Crippen MR) is 91.5 cm³/mol. The van der Waals surface area contributed by atoms with Gasteiger partial charge in [-0.25, -0.2) is 9.88 Å². The van der Waals surface area contributed by atoms with Gasteiger partial charge in [0.25, 0.3) is 0 Å². The molecule has 128 valence electrons. The van der Waals surface area contributed by atoms with E-state index in [1.807, 2.05) is 0 Å². The molecule has 2 aromatic rings. The van der Waals surface area contributed by atoms with Crippen molar-refractivity contribution in [2.75, 3.05) is 4.90 Å². The van der Waals surface area contributed by atoms with Gasteiger partial charge in [-0.1, -0.05) is 29.4 Å². The molecule has 25 heavy (non-hydrogen) atoms. The normalized spacial score (nSPS) is 17.2. The number of halogens is 1. The van der Waals surface area contributed by atoms with Gasteiger partial charge in [0.2, 0.25) is 11.8 Å². The van der Waals surface area contributed by atoms with Crippen molar-refractivity contribution in [2.45, 2.75) is 23.6 Å². The first-order valence-corrected chi connectivity index (χ1v) is 8.61. The summed E-state index contributed by atoms with van der Waals surface area (Å²) in [5.41, 5.74) is 0.960. The Labute approximate surface area is 152 Å². The minimum Gasteiger partial charge on any atom is -0.545 e. The number of hydrogen-bond donors (Lipinski definition) is 0. The molecule has 2 amide bonds. The summed E-state index contributed by atoms with van der Waals surface area (Å²) in [7, 11) is 0. The topological polar surface area (TPSA) is 90.4 Å². The molecule has 1 aliphatic rings. The Morgan fingerprint density at radius 1 is 1.32 bits per heavy atom. The van der Waals surface area contributed by atoms with Crippen molar-refractivity contribution < 1.29 is 19.5 Å². The van der Waals surface area contributed by atoms with E-state index >= 15 is 0 Å². The molecule has 1 fully saturated rings. The smallest absolute Gasteiger partial charge is 0.247 e. The van der Waals surface area contributed by atoms with Crippen LogP contribution in [-0.2, 0) is 9.59 Å². The van der Waals surface area contributed by atoms with E-state index < -0.39 is 17.1 Å². The maximum Gasteiger partial charge on any atom is 0.247 e. The number of imide groups is 1. The van der Waals surface area contributed by atoms with Crippen molar-refractivity contribution in [3.05, 3.63) is 52.7 Å². The fourth-order valence-corrected chi connectivity index (χ4v) is 3.83. The Bertz CT molecular complexity index is 887. The fraction of sp³-hybridized carbons (Fsp3) is 0.176. The number of aromatic nitrogens is 1. The highest BCUT2D eigenvalue weighted by Gasteiger charge is 2.41. The van der Waals surface area contributed by atoms with Gasteiger partial charge in [-0.3, -0.25) is 9.59 Å². The third-order valence-corrected chi connectivity index (χ3v) is 5.44. The molecule has 1 unspecified atom stereocenters. The van der Waals surface area contributed by atoms with E-state index in [4.69, 9.17) is 11.6 Å². The minimum atomic E-state index is -1.38. The van der Waals surface area contributed by atoms with Crippen LogP contribution in [0.4, 0.5) is 5.69 Å². The van der Waals surface area contributed by atoms with Crippen LogP contribution in [0.15, 0.2) is 41.6 Å². The molecule has 0 N–H and O–H groups in total. The lowest BCUT2D eigenvalue weighted by Crippen LogP contribution is -2.32. The lowest BCUT2D eigenvalue weighted by molar-refractivity contribution is -0.255. The van der Waals surface area contributed by atoms with E-state index in [0.29, 0.717) is 16.3 Å². The van der Waals surface area contributed by atoms with E-state index in [0.717, 1.165) is 16.7 Å². The number of hydrogen-bond acceptors (Lipinski definition) is 6. The molecular formula is C17H12ClN2O4S-. The fourth-order valence-electron chi connectivity index (χ4n) is 2.56. The van der Waals surface area contributed by atoms with Crippen molar-refractivity contribution in [1.29, 1.82) is 0 Å². The lowest BCUT2D eigenvalue weighted by Gasteiger charge is -2.18. The average Bonchev–Trinajstić information content (AvgIpc) is 2.85. The van der Waals surface area contributed by atoms with Crippen LogP contribution in [0.5, 0.6) is 0 Å². The van der Waals surface area contributed by atoms with Crippen LogP contribution >= 0.6 is 23.4 Å². The number of carboxylic acid groups (broad SMARTS) is 1. The molecule has 0 saturated carbocycles. The van der Waals surface area contributed by atoms with E-state index in [1.54, 1.807) is 25.1 Å². The van der Waals surface area contributed by atoms with Crippen LogP contribution in [0.2, 0.25) is 5.02 Å². The molecule has 3 rings (SSSR count). The molecule has 6 nitrogen and oxygen atoms in total. The van der Waals surface area contributed by atoms with Crippen molar-refractivity contribution in [1.82, 2.24) is 4.98 Å². The highest BCUT2D eigenvalue weighted by atomic mass is 35.5. The molecule has 8 heteroatoms. The summed E-state index contributed by atoms with van der Waals surface area (Å²) < 4.78 is 0. The van der Waals surface area contributed by atoms with E-state index in [2.05, 4.69) is 4.98 Å². The van der Waals surface area contributed by atoms with Gasteiger partial charge in [0.1, 0.15) is 5.03 Å². The number of carbonyl (C=O) groups is 3. The highest BCUT2D eigenvalue weighted by molar-refractivity contribution is 8.00. The van der Waals surface area contributed by atoms with Crippen LogP contribution in [0.1, 0.15) is 22.3 Å².